The summed E-state index contributed by atoms with van der Waals surface area (Å²) in [6.45, 7) is 3.98. The zero-order valence-electron chi connectivity index (χ0n) is 19.2. The smallest absolute Gasteiger partial charge is 0.251 e. The number of alkyl halides is 1. The van der Waals surface area contributed by atoms with Crippen LogP contribution in [0.3, 0.4) is 0 Å². The van der Waals surface area contributed by atoms with Crippen LogP contribution in [0.25, 0.3) is 26.4 Å². The summed E-state index contributed by atoms with van der Waals surface area (Å²) in [5.74, 6) is -0.404. The molecule has 0 radical (unpaired) electrons. The number of thiazole rings is 1. The number of amides is 1. The maximum absolute atomic E-state index is 14.7. The first-order chi connectivity index (χ1) is 17.0. The number of benzene rings is 2. The maximum atomic E-state index is 14.7. The molecular formula is C26H26F2N4O2S. The van der Waals surface area contributed by atoms with E-state index in [-0.39, 0.29) is 11.7 Å². The number of rotatable bonds is 6. The summed E-state index contributed by atoms with van der Waals surface area (Å²) in [6, 6.07) is 8.97. The molecular weight excluding hydrogens is 470 g/mol. The van der Waals surface area contributed by atoms with E-state index in [1.54, 1.807) is 6.07 Å². The topological polar surface area (TPSA) is 58.9 Å². The number of carbonyl (C=O) groups excluding carboxylic acids is 1. The summed E-state index contributed by atoms with van der Waals surface area (Å²) in [5.41, 5.74) is 4.49. The van der Waals surface area contributed by atoms with Crippen LogP contribution in [-0.2, 0) is 18.0 Å². The predicted octanol–water partition coefficient (Wildman–Crippen LogP) is 4.94. The van der Waals surface area contributed by atoms with Crippen molar-refractivity contribution in [3.8, 4) is 11.3 Å². The van der Waals surface area contributed by atoms with Crippen molar-refractivity contribution in [3.05, 3.63) is 59.0 Å². The van der Waals surface area contributed by atoms with Gasteiger partial charge < -0.3 is 15.0 Å². The summed E-state index contributed by atoms with van der Waals surface area (Å²) < 4.78 is 36.3. The molecule has 2 aromatic carbocycles. The van der Waals surface area contributed by atoms with Crippen LogP contribution >= 0.6 is 11.3 Å². The number of fused-ring (bicyclic) bond motifs is 4. The van der Waals surface area contributed by atoms with Gasteiger partial charge in [-0.1, -0.05) is 11.3 Å². The fourth-order valence-corrected chi connectivity index (χ4v) is 5.95. The SMILES string of the molecule is O=C(NCCCN1CCC(F)CC1)c1ccc2c(c1)sc1nc(-c3cc4c(cc3F)COC4)cn12. The molecule has 35 heavy (non-hydrogen) atoms. The van der Waals surface area contributed by atoms with Crippen LogP contribution in [0.2, 0.25) is 0 Å². The first-order valence-electron chi connectivity index (χ1n) is 12.0. The van der Waals surface area contributed by atoms with Crippen LogP contribution in [0.4, 0.5) is 8.78 Å². The Labute approximate surface area is 205 Å². The van der Waals surface area contributed by atoms with Crippen molar-refractivity contribution in [2.75, 3.05) is 26.2 Å². The maximum Gasteiger partial charge on any atom is 0.251 e. The minimum atomic E-state index is -0.664. The highest BCUT2D eigenvalue weighted by molar-refractivity contribution is 7.23. The zero-order chi connectivity index (χ0) is 23.9. The van der Waals surface area contributed by atoms with Gasteiger partial charge in [-0.05, 0) is 67.3 Å². The Morgan fingerprint density at radius 2 is 1.97 bits per heavy atom. The molecule has 6 rings (SSSR count). The number of nitrogens with zero attached hydrogens (tertiary/aromatic N) is 3. The van der Waals surface area contributed by atoms with Gasteiger partial charge in [-0.25, -0.2) is 13.8 Å². The average Bonchev–Trinajstić information content (AvgIpc) is 3.56. The summed E-state index contributed by atoms with van der Waals surface area (Å²) in [7, 11) is 0. The summed E-state index contributed by atoms with van der Waals surface area (Å²) in [4.78, 5) is 20.3. The minimum Gasteiger partial charge on any atom is -0.372 e. The monoisotopic (exact) mass is 496 g/mol. The molecule has 9 heteroatoms. The van der Waals surface area contributed by atoms with Gasteiger partial charge in [0.2, 0.25) is 0 Å². The molecule has 1 fully saturated rings. The lowest BCUT2D eigenvalue weighted by Gasteiger charge is -2.28. The Morgan fingerprint density at radius 1 is 1.17 bits per heavy atom. The van der Waals surface area contributed by atoms with Crippen molar-refractivity contribution in [3.63, 3.8) is 0 Å². The molecule has 4 aromatic rings. The van der Waals surface area contributed by atoms with E-state index in [1.165, 1.54) is 11.3 Å². The number of piperidine rings is 1. The van der Waals surface area contributed by atoms with Crippen molar-refractivity contribution in [2.45, 2.75) is 38.6 Å². The van der Waals surface area contributed by atoms with Crippen molar-refractivity contribution in [2.24, 2.45) is 0 Å². The Morgan fingerprint density at radius 3 is 2.80 bits per heavy atom. The van der Waals surface area contributed by atoms with Crippen LogP contribution in [-0.4, -0.2) is 52.5 Å². The molecule has 6 nitrogen and oxygen atoms in total. The Hall–Kier alpha value is -2.88. The number of hydrogen-bond acceptors (Lipinski definition) is 5. The highest BCUT2D eigenvalue weighted by Crippen LogP contribution is 2.33. The molecule has 2 aliphatic rings. The second-order valence-electron chi connectivity index (χ2n) is 9.28. The van der Waals surface area contributed by atoms with Gasteiger partial charge in [0, 0.05) is 37.0 Å². The number of aromatic nitrogens is 2. The summed E-state index contributed by atoms with van der Waals surface area (Å²) in [6.07, 6.45) is 3.24. The van der Waals surface area contributed by atoms with Gasteiger partial charge in [-0.2, -0.15) is 0 Å². The van der Waals surface area contributed by atoms with Gasteiger partial charge in [0.15, 0.2) is 4.96 Å². The highest BCUT2D eigenvalue weighted by Gasteiger charge is 2.20. The molecule has 0 unspecified atom stereocenters. The lowest BCUT2D eigenvalue weighted by molar-refractivity contribution is 0.0950. The van der Waals surface area contributed by atoms with Crippen molar-refractivity contribution < 1.29 is 18.3 Å². The number of hydrogen-bond donors (Lipinski definition) is 1. The predicted molar refractivity (Wildman–Crippen MR) is 132 cm³/mol. The number of likely N-dealkylation sites (tertiary alicyclic amines) is 1. The Bertz CT molecular complexity index is 1410. The van der Waals surface area contributed by atoms with Gasteiger partial charge >= 0.3 is 0 Å². The third-order valence-corrected chi connectivity index (χ3v) is 7.91. The molecule has 1 N–H and O–H groups in total. The van der Waals surface area contributed by atoms with Gasteiger partial charge in [-0.15, -0.1) is 0 Å². The molecule has 1 amide bonds. The standard InChI is InChI=1S/C26H26F2N4O2S/c27-19-4-8-31(9-5-19)7-1-6-29-25(33)16-2-3-23-24(12-16)35-26-30-22(13-32(23)26)20-10-17-14-34-15-18(17)11-21(20)28/h2-3,10-13,19H,1,4-9,14-15H2,(H,29,33). The molecule has 0 saturated carbocycles. The van der Waals surface area contributed by atoms with Gasteiger partial charge in [-0.3, -0.25) is 9.20 Å². The summed E-state index contributed by atoms with van der Waals surface area (Å²) >= 11 is 1.47. The number of ether oxygens (including phenoxy) is 1. The molecule has 0 bridgehead atoms. The van der Waals surface area contributed by atoms with E-state index in [0.29, 0.717) is 49.4 Å². The molecule has 1 saturated heterocycles. The Kier molecular flexibility index (Phi) is 5.99. The lowest BCUT2D eigenvalue weighted by Crippen LogP contribution is -2.36. The molecule has 0 spiro atoms. The molecule has 2 aromatic heterocycles. The van der Waals surface area contributed by atoms with E-state index in [1.807, 2.05) is 34.9 Å². The lowest BCUT2D eigenvalue weighted by atomic mass is 10.0. The average molecular weight is 497 g/mol. The van der Waals surface area contributed by atoms with Crippen LogP contribution in [0.15, 0.2) is 36.5 Å². The van der Waals surface area contributed by atoms with Gasteiger partial charge in [0.1, 0.15) is 12.0 Å². The number of nitrogens with one attached hydrogen (secondary N) is 1. The van der Waals surface area contributed by atoms with Crippen molar-refractivity contribution >= 4 is 32.4 Å². The van der Waals surface area contributed by atoms with Gasteiger partial charge in [0.05, 0.1) is 29.1 Å². The first-order valence-corrected chi connectivity index (χ1v) is 12.8. The second kappa shape index (κ2) is 9.29. The zero-order valence-corrected chi connectivity index (χ0v) is 20.0. The van der Waals surface area contributed by atoms with Gasteiger partial charge in [0.25, 0.3) is 5.91 Å². The van der Waals surface area contributed by atoms with E-state index in [4.69, 9.17) is 4.74 Å². The van der Waals surface area contributed by atoms with Crippen molar-refractivity contribution in [1.82, 2.24) is 19.6 Å². The minimum absolute atomic E-state index is 0.108. The summed E-state index contributed by atoms with van der Waals surface area (Å²) in [5, 5.41) is 2.99. The largest absolute Gasteiger partial charge is 0.372 e. The van der Waals surface area contributed by atoms with E-state index in [9.17, 15) is 13.6 Å². The van der Waals surface area contributed by atoms with E-state index in [0.717, 1.165) is 52.4 Å². The molecule has 0 aliphatic carbocycles. The highest BCUT2D eigenvalue weighted by atomic mass is 32.1. The molecule has 4 heterocycles. The first kappa shape index (κ1) is 22.6. The third kappa shape index (κ3) is 4.44. The fraction of sp³-hybridized carbons (Fsp3) is 0.385. The number of imidazole rings is 1. The van der Waals surface area contributed by atoms with Crippen LogP contribution in [0.5, 0.6) is 0 Å². The van der Waals surface area contributed by atoms with E-state index >= 15 is 0 Å². The van der Waals surface area contributed by atoms with Crippen LogP contribution in [0.1, 0.15) is 40.7 Å². The fourth-order valence-electron chi connectivity index (χ4n) is 4.90. The molecule has 182 valence electrons. The van der Waals surface area contributed by atoms with Crippen molar-refractivity contribution in [1.29, 1.82) is 0 Å². The second-order valence-corrected chi connectivity index (χ2v) is 10.3. The third-order valence-electron chi connectivity index (χ3n) is 6.89. The van der Waals surface area contributed by atoms with E-state index in [2.05, 4.69) is 15.2 Å². The Balaban J connectivity index is 1.14. The quantitative estimate of drug-likeness (QED) is 0.384. The number of carbonyl (C=O) groups is 1. The number of halogens is 2. The normalized spacial score (nSPS) is 16.9. The molecule has 0 atom stereocenters. The molecule has 2 aliphatic heterocycles. The van der Waals surface area contributed by atoms with Crippen LogP contribution in [0, 0.1) is 5.82 Å². The van der Waals surface area contributed by atoms with Crippen LogP contribution < -0.4 is 5.32 Å². The van der Waals surface area contributed by atoms with E-state index < -0.39 is 6.17 Å².